The Morgan fingerprint density at radius 1 is 1.50 bits per heavy atom. The Morgan fingerprint density at radius 3 is 2.75 bits per heavy atom. The van der Waals surface area contributed by atoms with Crippen LogP contribution in [0.1, 0.15) is 12.0 Å². The van der Waals surface area contributed by atoms with E-state index in [4.69, 9.17) is 17.3 Å². The second kappa shape index (κ2) is 5.67. The zero-order chi connectivity index (χ0) is 14.9. The molecule has 1 aliphatic heterocycles. The van der Waals surface area contributed by atoms with Crippen LogP contribution in [0.3, 0.4) is 0 Å². The zero-order valence-electron chi connectivity index (χ0n) is 10.7. The van der Waals surface area contributed by atoms with Crippen molar-refractivity contribution in [3.8, 4) is 0 Å². The van der Waals surface area contributed by atoms with Crippen molar-refractivity contribution in [3.05, 3.63) is 38.9 Å². The number of rotatable bonds is 4. The van der Waals surface area contributed by atoms with Crippen molar-refractivity contribution >= 4 is 27.1 Å². The van der Waals surface area contributed by atoms with Gasteiger partial charge >= 0.3 is 0 Å². The fraction of sp³-hybridized carbons (Fsp3) is 0.500. The standard InChI is InChI=1S/C12H15ClN2O4S/c13-10-1-2-12(15(16)17)9(5-10)6-11(14)8-3-4-20(18,19)7-8/h1-2,5,8,11H,3-4,6-7,14H2. The van der Waals surface area contributed by atoms with Crippen LogP contribution in [-0.2, 0) is 16.3 Å². The number of hydrogen-bond donors (Lipinski definition) is 1. The Labute approximate surface area is 122 Å². The van der Waals surface area contributed by atoms with E-state index < -0.39 is 20.8 Å². The van der Waals surface area contributed by atoms with Crippen molar-refractivity contribution in [2.75, 3.05) is 11.5 Å². The lowest BCUT2D eigenvalue weighted by atomic mass is 9.93. The first-order valence-electron chi connectivity index (χ1n) is 6.17. The van der Waals surface area contributed by atoms with E-state index in [0.717, 1.165) is 0 Å². The van der Waals surface area contributed by atoms with E-state index in [0.29, 0.717) is 17.0 Å². The maximum Gasteiger partial charge on any atom is 0.272 e. The highest BCUT2D eigenvalue weighted by molar-refractivity contribution is 7.91. The number of halogens is 1. The zero-order valence-corrected chi connectivity index (χ0v) is 12.2. The molecule has 0 radical (unpaired) electrons. The Balaban J connectivity index is 2.17. The molecule has 8 heteroatoms. The van der Waals surface area contributed by atoms with Crippen molar-refractivity contribution in [3.63, 3.8) is 0 Å². The van der Waals surface area contributed by atoms with Gasteiger partial charge in [0.15, 0.2) is 9.84 Å². The molecular weight excluding hydrogens is 304 g/mol. The summed E-state index contributed by atoms with van der Waals surface area (Å²) in [7, 11) is -3.01. The second-order valence-corrected chi connectivity index (χ2v) is 7.73. The third-order valence-electron chi connectivity index (χ3n) is 3.57. The number of benzene rings is 1. The highest BCUT2D eigenvalue weighted by atomic mass is 35.5. The molecule has 1 aliphatic rings. The molecule has 0 aliphatic carbocycles. The van der Waals surface area contributed by atoms with Crippen LogP contribution in [0.5, 0.6) is 0 Å². The van der Waals surface area contributed by atoms with Crippen molar-refractivity contribution in [2.24, 2.45) is 11.7 Å². The van der Waals surface area contributed by atoms with E-state index in [1.54, 1.807) is 0 Å². The van der Waals surface area contributed by atoms with Crippen LogP contribution in [0.4, 0.5) is 5.69 Å². The first kappa shape index (κ1) is 15.2. The maximum absolute atomic E-state index is 11.4. The maximum atomic E-state index is 11.4. The van der Waals surface area contributed by atoms with Crippen molar-refractivity contribution < 1.29 is 13.3 Å². The predicted molar refractivity (Wildman–Crippen MR) is 76.5 cm³/mol. The average Bonchev–Trinajstić information content (AvgIpc) is 2.69. The number of nitrogens with two attached hydrogens (primary N) is 1. The molecule has 0 bridgehead atoms. The number of sulfone groups is 1. The monoisotopic (exact) mass is 318 g/mol. The molecule has 2 rings (SSSR count). The molecule has 1 heterocycles. The largest absolute Gasteiger partial charge is 0.327 e. The fourth-order valence-electron chi connectivity index (χ4n) is 2.48. The van der Waals surface area contributed by atoms with E-state index in [1.807, 2.05) is 0 Å². The highest BCUT2D eigenvalue weighted by Crippen LogP contribution is 2.27. The first-order valence-corrected chi connectivity index (χ1v) is 8.37. The van der Waals surface area contributed by atoms with Crippen molar-refractivity contribution in [2.45, 2.75) is 18.9 Å². The summed E-state index contributed by atoms with van der Waals surface area (Å²) in [5.41, 5.74) is 6.43. The summed E-state index contributed by atoms with van der Waals surface area (Å²) >= 11 is 5.85. The topological polar surface area (TPSA) is 103 Å². The minimum absolute atomic E-state index is 0.0364. The van der Waals surface area contributed by atoms with E-state index in [1.165, 1.54) is 18.2 Å². The summed E-state index contributed by atoms with van der Waals surface area (Å²) in [5.74, 6) is 0.0458. The Bertz CT molecular complexity index is 632. The van der Waals surface area contributed by atoms with Crippen LogP contribution in [0.2, 0.25) is 5.02 Å². The van der Waals surface area contributed by atoms with Gasteiger partial charge in [-0.2, -0.15) is 0 Å². The molecule has 20 heavy (non-hydrogen) atoms. The van der Waals surface area contributed by atoms with Gasteiger partial charge in [0.05, 0.1) is 16.4 Å². The summed E-state index contributed by atoms with van der Waals surface area (Å²) in [6.07, 6.45) is 0.759. The molecule has 0 amide bonds. The van der Waals surface area contributed by atoms with E-state index >= 15 is 0 Å². The van der Waals surface area contributed by atoms with Gasteiger partial charge < -0.3 is 5.73 Å². The predicted octanol–water partition coefficient (Wildman–Crippen LogP) is 1.55. The molecule has 2 N–H and O–H groups in total. The van der Waals surface area contributed by atoms with Gasteiger partial charge in [-0.05, 0) is 30.9 Å². The third-order valence-corrected chi connectivity index (χ3v) is 5.60. The number of nitro groups is 1. The van der Waals surface area contributed by atoms with Gasteiger partial charge in [0.25, 0.3) is 5.69 Å². The van der Waals surface area contributed by atoms with Gasteiger partial charge in [0.1, 0.15) is 0 Å². The summed E-state index contributed by atoms with van der Waals surface area (Å²) in [6, 6.07) is 3.89. The Hall–Kier alpha value is -1.18. The SMILES string of the molecule is NC(Cc1cc(Cl)ccc1[N+](=O)[O-])C1CCS(=O)(=O)C1. The number of nitro benzene ring substituents is 1. The Kier molecular flexibility index (Phi) is 4.31. The van der Waals surface area contributed by atoms with Crippen molar-refractivity contribution in [1.82, 2.24) is 0 Å². The molecule has 2 atom stereocenters. The van der Waals surface area contributed by atoms with Gasteiger partial charge in [0, 0.05) is 22.7 Å². The molecule has 0 saturated carbocycles. The van der Waals surface area contributed by atoms with Gasteiger partial charge in [-0.25, -0.2) is 8.42 Å². The highest BCUT2D eigenvalue weighted by Gasteiger charge is 2.32. The molecule has 1 fully saturated rings. The van der Waals surface area contributed by atoms with Gasteiger partial charge in [0.2, 0.25) is 0 Å². The molecule has 0 spiro atoms. The smallest absolute Gasteiger partial charge is 0.272 e. The normalized spacial score (nSPS) is 22.6. The Morgan fingerprint density at radius 2 is 2.20 bits per heavy atom. The molecule has 1 aromatic carbocycles. The average molecular weight is 319 g/mol. The molecule has 110 valence electrons. The van der Waals surface area contributed by atoms with Gasteiger partial charge in [-0.3, -0.25) is 10.1 Å². The van der Waals surface area contributed by atoms with Crippen LogP contribution in [0.15, 0.2) is 18.2 Å². The number of hydrogen-bond acceptors (Lipinski definition) is 5. The lowest BCUT2D eigenvalue weighted by Crippen LogP contribution is -2.33. The quantitative estimate of drug-likeness (QED) is 0.670. The van der Waals surface area contributed by atoms with Crippen LogP contribution in [0, 0.1) is 16.0 Å². The molecule has 1 aromatic rings. The lowest BCUT2D eigenvalue weighted by molar-refractivity contribution is -0.385. The summed E-state index contributed by atoms with van der Waals surface area (Å²) in [5, 5.41) is 11.4. The van der Waals surface area contributed by atoms with Crippen LogP contribution in [-0.4, -0.2) is 30.9 Å². The first-order chi connectivity index (χ1) is 9.28. The summed E-state index contributed by atoms with van der Waals surface area (Å²) < 4.78 is 22.9. The fourth-order valence-corrected chi connectivity index (χ4v) is 4.57. The molecule has 2 unspecified atom stereocenters. The van der Waals surface area contributed by atoms with E-state index in [2.05, 4.69) is 0 Å². The minimum atomic E-state index is -3.01. The molecule has 6 nitrogen and oxygen atoms in total. The summed E-state index contributed by atoms with van der Waals surface area (Å²) in [4.78, 5) is 10.5. The second-order valence-electron chi connectivity index (χ2n) is 5.06. The lowest BCUT2D eigenvalue weighted by Gasteiger charge is -2.17. The van der Waals surface area contributed by atoms with Gasteiger partial charge in [-0.15, -0.1) is 0 Å². The van der Waals surface area contributed by atoms with Gasteiger partial charge in [-0.1, -0.05) is 11.6 Å². The molecule has 0 aromatic heterocycles. The van der Waals surface area contributed by atoms with Crippen LogP contribution in [0.25, 0.3) is 0 Å². The third kappa shape index (κ3) is 3.47. The van der Waals surface area contributed by atoms with Crippen LogP contribution >= 0.6 is 11.6 Å². The van der Waals surface area contributed by atoms with Crippen molar-refractivity contribution in [1.29, 1.82) is 0 Å². The molecule has 1 saturated heterocycles. The van der Waals surface area contributed by atoms with E-state index in [-0.39, 0.29) is 29.5 Å². The minimum Gasteiger partial charge on any atom is -0.327 e. The number of nitrogens with zero attached hydrogens (tertiary/aromatic N) is 1. The summed E-state index contributed by atoms with van der Waals surface area (Å²) in [6.45, 7) is 0. The van der Waals surface area contributed by atoms with Crippen LogP contribution < -0.4 is 5.73 Å². The van der Waals surface area contributed by atoms with E-state index in [9.17, 15) is 18.5 Å². The molecular formula is C12H15ClN2O4S.